The summed E-state index contributed by atoms with van der Waals surface area (Å²) in [5.74, 6) is -0.985. The Balaban J connectivity index is 2.09. The topological polar surface area (TPSA) is 102 Å². The van der Waals surface area contributed by atoms with Crippen LogP contribution in [0, 0.1) is 5.82 Å². The van der Waals surface area contributed by atoms with Crippen molar-refractivity contribution in [2.45, 2.75) is 32.1 Å². The fourth-order valence-electron chi connectivity index (χ4n) is 2.26. The number of anilines is 3. The molecule has 6 nitrogen and oxygen atoms in total. The number of nitrogens with zero attached hydrogens (tertiary/aromatic N) is 2. The second kappa shape index (κ2) is 8.39. The van der Waals surface area contributed by atoms with Crippen LogP contribution < -0.4 is 16.4 Å². The van der Waals surface area contributed by atoms with Crippen molar-refractivity contribution in [2.24, 2.45) is 5.73 Å². The Morgan fingerprint density at radius 1 is 1.21 bits per heavy atom. The maximum atomic E-state index is 13.3. The lowest BCUT2D eigenvalue weighted by Crippen LogP contribution is -2.26. The monoisotopic (exact) mass is 350 g/mol. The number of nitrogen functional groups attached to an aromatic ring is 1. The zero-order valence-electron chi connectivity index (χ0n) is 13.1. The van der Waals surface area contributed by atoms with Gasteiger partial charge in [-0.2, -0.15) is 0 Å². The molecule has 128 valence electrons. The van der Waals surface area contributed by atoms with Gasteiger partial charge in [0, 0.05) is 24.4 Å². The van der Waals surface area contributed by atoms with Gasteiger partial charge in [-0.3, -0.25) is 14.5 Å². The zero-order chi connectivity index (χ0) is 17.5. The van der Waals surface area contributed by atoms with E-state index in [0.717, 1.165) is 6.42 Å². The average molecular weight is 350 g/mol. The maximum Gasteiger partial charge on any atom is 0.233 e. The molecule has 0 unspecified atom stereocenters. The quantitative estimate of drug-likeness (QED) is 0.564. The van der Waals surface area contributed by atoms with Crippen molar-refractivity contribution < 1.29 is 14.0 Å². The van der Waals surface area contributed by atoms with Crippen LogP contribution in [0.5, 0.6) is 0 Å². The molecule has 0 spiro atoms. The Hall–Kier alpha value is -2.48. The number of thiazole rings is 1. The van der Waals surface area contributed by atoms with Gasteiger partial charge in [-0.15, -0.1) is 11.3 Å². The first-order chi connectivity index (χ1) is 11.5. The third-order valence-electron chi connectivity index (χ3n) is 3.40. The Bertz CT molecular complexity index is 706. The van der Waals surface area contributed by atoms with E-state index in [1.807, 2.05) is 0 Å². The fourth-order valence-corrected chi connectivity index (χ4v) is 2.93. The molecular weight excluding hydrogens is 331 g/mol. The van der Waals surface area contributed by atoms with E-state index in [1.165, 1.54) is 34.4 Å². The van der Waals surface area contributed by atoms with Crippen molar-refractivity contribution in [3.63, 3.8) is 0 Å². The average Bonchev–Trinajstić information content (AvgIpc) is 3.03. The highest BCUT2D eigenvalue weighted by Gasteiger charge is 2.22. The first-order valence-corrected chi connectivity index (χ1v) is 8.43. The van der Waals surface area contributed by atoms with Crippen molar-refractivity contribution in [2.75, 3.05) is 10.6 Å². The summed E-state index contributed by atoms with van der Waals surface area (Å²) in [6, 6.07) is 3.90. The molecule has 0 aliphatic rings. The minimum Gasteiger partial charge on any atom is -0.397 e. The van der Waals surface area contributed by atoms with E-state index >= 15 is 0 Å². The standard InChI is InChI=1S/C16H19FN4O2S/c17-11-6-7-13(12(18)10-11)21(16-20-8-9-24-16)15(23)5-3-1-2-4-14(19)22/h6-10H,1-5,18H2,(H2,19,22). The molecule has 1 aromatic heterocycles. The summed E-state index contributed by atoms with van der Waals surface area (Å²) in [4.78, 5) is 28.9. The Labute approximate surface area is 143 Å². The molecule has 0 radical (unpaired) electrons. The van der Waals surface area contributed by atoms with Crippen LogP contribution in [0.1, 0.15) is 32.1 Å². The second-order valence-corrected chi connectivity index (χ2v) is 6.15. The van der Waals surface area contributed by atoms with Crippen molar-refractivity contribution >= 4 is 39.7 Å². The molecule has 2 aromatic rings. The number of unbranched alkanes of at least 4 members (excludes halogenated alkanes) is 2. The molecule has 1 aromatic carbocycles. The molecule has 0 bridgehead atoms. The highest BCUT2D eigenvalue weighted by atomic mass is 32.1. The van der Waals surface area contributed by atoms with Crippen molar-refractivity contribution in [3.05, 3.63) is 35.6 Å². The van der Waals surface area contributed by atoms with Gasteiger partial charge in [0.15, 0.2) is 5.13 Å². The molecule has 2 rings (SSSR count). The molecule has 0 fully saturated rings. The van der Waals surface area contributed by atoms with Crippen LogP contribution >= 0.6 is 11.3 Å². The van der Waals surface area contributed by atoms with E-state index in [9.17, 15) is 14.0 Å². The predicted octanol–water partition coefficient (Wildman–Crippen LogP) is 2.96. The summed E-state index contributed by atoms with van der Waals surface area (Å²) in [6.45, 7) is 0. The van der Waals surface area contributed by atoms with Crippen molar-refractivity contribution in [3.8, 4) is 0 Å². The lowest BCUT2D eigenvalue weighted by Gasteiger charge is -2.21. The molecule has 1 heterocycles. The number of aromatic nitrogens is 1. The third-order valence-corrected chi connectivity index (χ3v) is 4.16. The highest BCUT2D eigenvalue weighted by Crippen LogP contribution is 2.33. The SMILES string of the molecule is NC(=O)CCCCCC(=O)N(c1nccs1)c1ccc(F)cc1N. The van der Waals surface area contributed by atoms with Gasteiger partial charge in [0.05, 0.1) is 11.4 Å². The van der Waals surface area contributed by atoms with Crippen LogP contribution in [0.3, 0.4) is 0 Å². The number of benzene rings is 1. The van der Waals surface area contributed by atoms with E-state index in [1.54, 1.807) is 11.6 Å². The lowest BCUT2D eigenvalue weighted by atomic mass is 10.1. The number of halogens is 1. The molecule has 24 heavy (non-hydrogen) atoms. The van der Waals surface area contributed by atoms with Gasteiger partial charge >= 0.3 is 0 Å². The van der Waals surface area contributed by atoms with E-state index in [0.29, 0.717) is 30.1 Å². The molecule has 0 atom stereocenters. The summed E-state index contributed by atoms with van der Waals surface area (Å²) in [5.41, 5.74) is 11.5. The first-order valence-electron chi connectivity index (χ1n) is 7.55. The molecular formula is C16H19FN4O2S. The Kier molecular flexibility index (Phi) is 6.25. The number of nitrogens with two attached hydrogens (primary N) is 2. The van der Waals surface area contributed by atoms with Gasteiger partial charge in [0.2, 0.25) is 11.8 Å². The molecule has 4 N–H and O–H groups in total. The van der Waals surface area contributed by atoms with Crippen molar-refractivity contribution in [1.29, 1.82) is 0 Å². The first kappa shape index (κ1) is 17.9. The van der Waals surface area contributed by atoms with Crippen LogP contribution in [0.4, 0.5) is 20.9 Å². The van der Waals surface area contributed by atoms with Gasteiger partial charge in [-0.25, -0.2) is 9.37 Å². The van der Waals surface area contributed by atoms with Gasteiger partial charge in [0.25, 0.3) is 0 Å². The van der Waals surface area contributed by atoms with Gasteiger partial charge in [-0.05, 0) is 31.0 Å². The number of carbonyl (C=O) groups is 2. The molecule has 8 heteroatoms. The summed E-state index contributed by atoms with van der Waals surface area (Å²) in [7, 11) is 0. The molecule has 0 saturated carbocycles. The largest absolute Gasteiger partial charge is 0.397 e. The molecule has 0 aliphatic carbocycles. The molecule has 2 amide bonds. The van der Waals surface area contributed by atoms with Crippen LogP contribution in [-0.4, -0.2) is 16.8 Å². The second-order valence-electron chi connectivity index (χ2n) is 5.27. The highest BCUT2D eigenvalue weighted by molar-refractivity contribution is 7.13. The normalized spacial score (nSPS) is 10.5. The zero-order valence-corrected chi connectivity index (χ0v) is 13.9. The number of rotatable bonds is 8. The molecule has 0 saturated heterocycles. The van der Waals surface area contributed by atoms with Crippen LogP contribution in [0.2, 0.25) is 0 Å². The lowest BCUT2D eigenvalue weighted by molar-refractivity contribution is -0.118. The Morgan fingerprint density at radius 2 is 1.96 bits per heavy atom. The van der Waals surface area contributed by atoms with Gasteiger partial charge in [0.1, 0.15) is 5.82 Å². The maximum absolute atomic E-state index is 13.3. The van der Waals surface area contributed by atoms with E-state index in [-0.39, 0.29) is 23.9 Å². The van der Waals surface area contributed by atoms with Crippen LogP contribution in [-0.2, 0) is 9.59 Å². The fraction of sp³-hybridized carbons (Fsp3) is 0.312. The smallest absolute Gasteiger partial charge is 0.233 e. The minimum absolute atomic E-state index is 0.173. The molecule has 0 aliphatic heterocycles. The van der Waals surface area contributed by atoms with Gasteiger partial charge in [-0.1, -0.05) is 6.42 Å². The van der Waals surface area contributed by atoms with Crippen LogP contribution in [0.15, 0.2) is 29.8 Å². The minimum atomic E-state index is -0.464. The predicted molar refractivity (Wildman–Crippen MR) is 92.4 cm³/mol. The van der Waals surface area contributed by atoms with E-state index in [4.69, 9.17) is 11.5 Å². The van der Waals surface area contributed by atoms with Crippen LogP contribution in [0.25, 0.3) is 0 Å². The van der Waals surface area contributed by atoms with E-state index < -0.39 is 5.82 Å². The number of primary amides is 1. The summed E-state index contributed by atoms with van der Waals surface area (Å²) >= 11 is 1.30. The van der Waals surface area contributed by atoms with Gasteiger partial charge < -0.3 is 11.5 Å². The number of carbonyl (C=O) groups excluding carboxylic acids is 2. The third kappa shape index (κ3) is 4.76. The Morgan fingerprint density at radius 3 is 2.58 bits per heavy atom. The number of amides is 2. The van der Waals surface area contributed by atoms with Crippen molar-refractivity contribution in [1.82, 2.24) is 4.98 Å². The summed E-state index contributed by atoms with van der Waals surface area (Å²) in [6.07, 6.45) is 4.17. The number of hydrogen-bond donors (Lipinski definition) is 2. The van der Waals surface area contributed by atoms with E-state index in [2.05, 4.69) is 4.98 Å². The summed E-state index contributed by atoms with van der Waals surface area (Å²) < 4.78 is 13.3. The summed E-state index contributed by atoms with van der Waals surface area (Å²) in [5, 5.41) is 2.23. The number of hydrogen-bond acceptors (Lipinski definition) is 5.